The molecule has 1 amide bonds. The molecule has 3 N–H and O–H groups in total. The lowest BCUT2D eigenvalue weighted by Gasteiger charge is -2.16. The summed E-state index contributed by atoms with van der Waals surface area (Å²) in [5.74, 6) is -0.889. The van der Waals surface area contributed by atoms with Crippen LogP contribution in [-0.4, -0.2) is 51.8 Å². The Morgan fingerprint density at radius 2 is 1.61 bits per heavy atom. The number of rotatable bonds is 8. The fourth-order valence-corrected chi connectivity index (χ4v) is 5.76. The molecule has 168 valence electrons. The Morgan fingerprint density at radius 3 is 2.26 bits per heavy atom. The standard InChI is InChI=1S/C19H22ClN3O6S2/c20-14-3-5-15(6-4-14)30(26,27)21-10-9-19(25)22-17-13-16(7-8-18(17)24)31(28,29)23-11-1-2-12-23/h3-8,13,21,24H,1-2,9-12H2,(H,22,25). The molecule has 0 spiro atoms. The zero-order chi connectivity index (χ0) is 22.6. The van der Waals surface area contributed by atoms with E-state index in [4.69, 9.17) is 11.6 Å². The average Bonchev–Trinajstić information content (AvgIpc) is 3.25. The van der Waals surface area contributed by atoms with Crippen LogP contribution in [0.1, 0.15) is 19.3 Å². The Balaban J connectivity index is 1.62. The summed E-state index contributed by atoms with van der Waals surface area (Å²) in [6.07, 6.45) is 1.34. The van der Waals surface area contributed by atoms with Crippen LogP contribution < -0.4 is 10.0 Å². The van der Waals surface area contributed by atoms with Crippen LogP contribution in [0, 0.1) is 0 Å². The largest absolute Gasteiger partial charge is 0.506 e. The number of nitrogens with zero attached hydrogens (tertiary/aromatic N) is 1. The van der Waals surface area contributed by atoms with Gasteiger partial charge in [-0.2, -0.15) is 4.31 Å². The third-order valence-electron chi connectivity index (χ3n) is 4.71. The van der Waals surface area contributed by atoms with Crippen molar-refractivity contribution in [2.75, 3.05) is 25.0 Å². The summed E-state index contributed by atoms with van der Waals surface area (Å²) in [6, 6.07) is 9.23. The van der Waals surface area contributed by atoms with Crippen molar-refractivity contribution in [3.05, 3.63) is 47.5 Å². The lowest BCUT2D eigenvalue weighted by Crippen LogP contribution is -2.28. The summed E-state index contributed by atoms with van der Waals surface area (Å²) in [5, 5.41) is 12.8. The minimum Gasteiger partial charge on any atom is -0.506 e. The third kappa shape index (κ3) is 5.74. The highest BCUT2D eigenvalue weighted by Crippen LogP contribution is 2.29. The van der Waals surface area contributed by atoms with Gasteiger partial charge in [-0.15, -0.1) is 0 Å². The molecule has 1 heterocycles. The second-order valence-corrected chi connectivity index (χ2v) is 11.1. The molecule has 3 rings (SSSR count). The van der Waals surface area contributed by atoms with Gasteiger partial charge in [0.2, 0.25) is 26.0 Å². The molecule has 12 heteroatoms. The maximum Gasteiger partial charge on any atom is 0.243 e. The molecule has 0 aromatic heterocycles. The van der Waals surface area contributed by atoms with Gasteiger partial charge >= 0.3 is 0 Å². The summed E-state index contributed by atoms with van der Waals surface area (Å²) in [6.45, 7) is 0.667. The van der Waals surface area contributed by atoms with Gasteiger partial charge in [0.1, 0.15) is 5.75 Å². The van der Waals surface area contributed by atoms with E-state index in [-0.39, 0.29) is 34.2 Å². The Hall–Kier alpha value is -2.18. The second-order valence-electron chi connectivity index (χ2n) is 6.94. The van der Waals surface area contributed by atoms with E-state index in [9.17, 15) is 26.7 Å². The van der Waals surface area contributed by atoms with Gasteiger partial charge in [0.05, 0.1) is 15.5 Å². The van der Waals surface area contributed by atoms with E-state index in [1.54, 1.807) is 0 Å². The number of anilines is 1. The van der Waals surface area contributed by atoms with Crippen LogP contribution in [0.5, 0.6) is 5.75 Å². The lowest BCUT2D eigenvalue weighted by molar-refractivity contribution is -0.116. The van der Waals surface area contributed by atoms with Crippen molar-refractivity contribution >= 4 is 43.2 Å². The number of carbonyl (C=O) groups is 1. The van der Waals surface area contributed by atoms with E-state index < -0.39 is 26.0 Å². The zero-order valence-electron chi connectivity index (χ0n) is 16.4. The molecular formula is C19H22ClN3O6S2. The number of benzene rings is 2. The van der Waals surface area contributed by atoms with Crippen LogP contribution in [0.4, 0.5) is 5.69 Å². The molecule has 2 aromatic rings. The number of phenolic OH excluding ortho intramolecular Hbond substituents is 1. The van der Waals surface area contributed by atoms with Crippen molar-refractivity contribution in [3.8, 4) is 5.75 Å². The molecule has 0 saturated carbocycles. The number of hydrogen-bond acceptors (Lipinski definition) is 6. The number of hydrogen-bond donors (Lipinski definition) is 3. The highest BCUT2D eigenvalue weighted by Gasteiger charge is 2.28. The van der Waals surface area contributed by atoms with E-state index in [0.29, 0.717) is 18.1 Å². The Morgan fingerprint density at radius 1 is 1.00 bits per heavy atom. The number of phenols is 1. The molecule has 0 radical (unpaired) electrons. The minimum atomic E-state index is -3.81. The Kier molecular flexibility index (Phi) is 7.22. The predicted octanol–water partition coefficient (Wildman–Crippen LogP) is 2.14. The van der Waals surface area contributed by atoms with Gasteiger partial charge in [0, 0.05) is 31.1 Å². The van der Waals surface area contributed by atoms with Crippen LogP contribution in [0.15, 0.2) is 52.3 Å². The molecule has 1 aliphatic heterocycles. The van der Waals surface area contributed by atoms with Crippen molar-refractivity contribution in [3.63, 3.8) is 0 Å². The fraction of sp³-hybridized carbons (Fsp3) is 0.316. The molecule has 31 heavy (non-hydrogen) atoms. The Bertz CT molecular complexity index is 1160. The topological polar surface area (TPSA) is 133 Å². The first kappa shape index (κ1) is 23.5. The summed E-state index contributed by atoms with van der Waals surface area (Å²) in [4.78, 5) is 12.2. The quantitative estimate of drug-likeness (QED) is 0.488. The van der Waals surface area contributed by atoms with Crippen molar-refractivity contribution in [2.45, 2.75) is 29.1 Å². The molecule has 0 atom stereocenters. The molecule has 9 nitrogen and oxygen atoms in total. The van der Waals surface area contributed by atoms with Gasteiger partial charge < -0.3 is 10.4 Å². The molecule has 2 aromatic carbocycles. The van der Waals surface area contributed by atoms with E-state index in [1.165, 1.54) is 46.8 Å². The number of carbonyl (C=O) groups excluding carboxylic acids is 1. The molecule has 1 saturated heterocycles. The first-order valence-corrected chi connectivity index (χ1v) is 12.8. The van der Waals surface area contributed by atoms with E-state index in [2.05, 4.69) is 10.0 Å². The molecular weight excluding hydrogens is 466 g/mol. The number of amides is 1. The van der Waals surface area contributed by atoms with Gasteiger partial charge in [0.25, 0.3) is 0 Å². The zero-order valence-corrected chi connectivity index (χ0v) is 18.8. The van der Waals surface area contributed by atoms with Crippen LogP contribution in [0.2, 0.25) is 5.02 Å². The molecule has 0 aliphatic carbocycles. The normalized spacial score (nSPS) is 15.1. The highest BCUT2D eigenvalue weighted by molar-refractivity contribution is 7.89. The monoisotopic (exact) mass is 487 g/mol. The number of halogens is 1. The van der Waals surface area contributed by atoms with E-state index in [0.717, 1.165) is 12.8 Å². The van der Waals surface area contributed by atoms with Crippen molar-refractivity contribution in [2.24, 2.45) is 0 Å². The van der Waals surface area contributed by atoms with Gasteiger partial charge in [-0.1, -0.05) is 11.6 Å². The second kappa shape index (κ2) is 9.53. The summed E-state index contributed by atoms with van der Waals surface area (Å²) in [7, 11) is -7.53. The van der Waals surface area contributed by atoms with Crippen molar-refractivity contribution in [1.29, 1.82) is 0 Å². The first-order valence-electron chi connectivity index (χ1n) is 9.48. The van der Waals surface area contributed by atoms with Crippen molar-refractivity contribution in [1.82, 2.24) is 9.03 Å². The van der Waals surface area contributed by atoms with Crippen LogP contribution in [-0.2, 0) is 24.8 Å². The van der Waals surface area contributed by atoms with E-state index in [1.807, 2.05) is 0 Å². The lowest BCUT2D eigenvalue weighted by atomic mass is 10.3. The third-order valence-corrected chi connectivity index (χ3v) is 8.34. The van der Waals surface area contributed by atoms with Crippen LogP contribution in [0.25, 0.3) is 0 Å². The van der Waals surface area contributed by atoms with Crippen LogP contribution >= 0.6 is 11.6 Å². The maximum absolute atomic E-state index is 12.7. The first-order chi connectivity index (χ1) is 14.6. The highest BCUT2D eigenvalue weighted by atomic mass is 35.5. The van der Waals surface area contributed by atoms with Gasteiger partial charge in [0.15, 0.2) is 0 Å². The molecule has 0 bridgehead atoms. The maximum atomic E-state index is 12.7. The van der Waals surface area contributed by atoms with Crippen molar-refractivity contribution < 1.29 is 26.7 Å². The summed E-state index contributed by atoms with van der Waals surface area (Å²) < 4.78 is 53.4. The minimum absolute atomic E-state index is 0.00905. The summed E-state index contributed by atoms with van der Waals surface area (Å²) in [5.41, 5.74) is -0.0640. The van der Waals surface area contributed by atoms with Gasteiger partial charge in [-0.05, 0) is 55.3 Å². The number of sulfonamides is 2. The Labute approximate surface area is 186 Å². The fourth-order valence-electron chi connectivity index (χ4n) is 3.06. The van der Waals surface area contributed by atoms with Crippen LogP contribution in [0.3, 0.4) is 0 Å². The summed E-state index contributed by atoms with van der Waals surface area (Å²) >= 11 is 5.74. The molecule has 1 fully saturated rings. The smallest absolute Gasteiger partial charge is 0.243 e. The number of aromatic hydroxyl groups is 1. The van der Waals surface area contributed by atoms with Gasteiger partial charge in [-0.3, -0.25) is 4.79 Å². The SMILES string of the molecule is O=C(CCNS(=O)(=O)c1ccc(Cl)cc1)Nc1cc(S(=O)(=O)N2CCCC2)ccc1O. The number of nitrogens with one attached hydrogen (secondary N) is 2. The van der Waals surface area contributed by atoms with E-state index >= 15 is 0 Å². The molecule has 0 unspecified atom stereocenters. The predicted molar refractivity (Wildman–Crippen MR) is 116 cm³/mol. The molecule has 1 aliphatic rings. The average molecular weight is 488 g/mol. The van der Waals surface area contributed by atoms with Gasteiger partial charge in [-0.25, -0.2) is 21.6 Å².